The van der Waals surface area contributed by atoms with Gasteiger partial charge in [-0.2, -0.15) is 0 Å². The van der Waals surface area contributed by atoms with E-state index >= 15 is 0 Å². The Bertz CT molecular complexity index is 240. The van der Waals surface area contributed by atoms with Crippen LogP contribution < -0.4 is 5.32 Å². The van der Waals surface area contributed by atoms with Crippen LogP contribution >= 0.6 is 0 Å². The van der Waals surface area contributed by atoms with Crippen molar-refractivity contribution in [3.63, 3.8) is 0 Å². The quantitative estimate of drug-likeness (QED) is 0.704. The number of nitrogens with one attached hydrogen (secondary N) is 1. The topological polar surface area (TPSA) is 38.3 Å². The zero-order valence-electron chi connectivity index (χ0n) is 10.4. The molecule has 1 N–H and O–H groups in total. The average molecular weight is 225 g/mol. The molecule has 0 radical (unpaired) electrons. The van der Waals surface area contributed by atoms with Gasteiger partial charge in [0.25, 0.3) is 0 Å². The van der Waals surface area contributed by atoms with E-state index < -0.39 is 0 Å². The fourth-order valence-corrected chi connectivity index (χ4v) is 2.22. The third kappa shape index (κ3) is 2.85. The van der Waals surface area contributed by atoms with Gasteiger partial charge in [0.1, 0.15) is 0 Å². The Morgan fingerprint density at radius 2 is 2.25 bits per heavy atom. The fourth-order valence-electron chi connectivity index (χ4n) is 2.22. The molecule has 1 saturated heterocycles. The van der Waals surface area contributed by atoms with Gasteiger partial charge in [-0.1, -0.05) is 19.9 Å². The van der Waals surface area contributed by atoms with Crippen molar-refractivity contribution in [2.24, 2.45) is 5.41 Å². The predicted octanol–water partition coefficient (Wildman–Crippen LogP) is 2.27. The molecule has 1 rings (SSSR count). The van der Waals surface area contributed by atoms with Crippen molar-refractivity contribution < 1.29 is 9.53 Å². The Kier molecular flexibility index (Phi) is 5.00. The van der Waals surface area contributed by atoms with Crippen LogP contribution in [0.15, 0.2) is 12.7 Å². The maximum Gasteiger partial charge on any atom is 0.226 e. The van der Waals surface area contributed by atoms with Gasteiger partial charge < -0.3 is 10.1 Å². The number of carbonyl (C=O) groups excluding carboxylic acids is 1. The maximum absolute atomic E-state index is 12.3. The molecule has 1 aliphatic rings. The molecule has 1 atom stereocenters. The summed E-state index contributed by atoms with van der Waals surface area (Å²) < 4.78 is 5.26. The van der Waals surface area contributed by atoms with Gasteiger partial charge >= 0.3 is 0 Å². The fraction of sp³-hybridized carbons (Fsp3) is 0.769. The van der Waals surface area contributed by atoms with E-state index in [1.807, 2.05) is 6.08 Å². The van der Waals surface area contributed by atoms with Gasteiger partial charge in [-0.25, -0.2) is 0 Å². The molecule has 1 heterocycles. The Hall–Kier alpha value is -0.830. The Labute approximate surface area is 98.2 Å². The number of amides is 1. The third-order valence-corrected chi connectivity index (χ3v) is 3.64. The zero-order valence-corrected chi connectivity index (χ0v) is 10.4. The number of rotatable bonds is 6. The summed E-state index contributed by atoms with van der Waals surface area (Å²) in [6.07, 6.45) is 5.24. The minimum atomic E-state index is -0.273. The van der Waals surface area contributed by atoms with Crippen LogP contribution in [0.1, 0.15) is 39.5 Å². The van der Waals surface area contributed by atoms with Gasteiger partial charge in [-0.05, 0) is 25.7 Å². The van der Waals surface area contributed by atoms with E-state index in [9.17, 15) is 4.79 Å². The maximum atomic E-state index is 12.3. The molecule has 0 aromatic heterocycles. The van der Waals surface area contributed by atoms with Crippen molar-refractivity contribution >= 4 is 5.91 Å². The second-order valence-electron chi connectivity index (χ2n) is 4.51. The van der Waals surface area contributed by atoms with Crippen molar-refractivity contribution in [3.8, 4) is 0 Å². The van der Waals surface area contributed by atoms with Gasteiger partial charge in [0.05, 0.1) is 18.1 Å². The van der Waals surface area contributed by atoms with Gasteiger partial charge in [0, 0.05) is 6.61 Å². The van der Waals surface area contributed by atoms with Crippen LogP contribution in [0.2, 0.25) is 0 Å². The van der Waals surface area contributed by atoms with Gasteiger partial charge in [-0.3, -0.25) is 4.79 Å². The number of hydrogen-bond acceptors (Lipinski definition) is 2. The summed E-state index contributed by atoms with van der Waals surface area (Å²) in [6, 6.07) is 0.204. The number of hydrogen-bond donors (Lipinski definition) is 1. The molecular formula is C13H23NO2. The molecular weight excluding hydrogens is 202 g/mol. The number of ether oxygens (including phenoxy) is 1. The molecule has 0 aromatic rings. The van der Waals surface area contributed by atoms with Gasteiger partial charge in [0.15, 0.2) is 0 Å². The van der Waals surface area contributed by atoms with E-state index in [2.05, 4.69) is 25.7 Å². The van der Waals surface area contributed by atoms with Crippen LogP contribution in [0.3, 0.4) is 0 Å². The minimum absolute atomic E-state index is 0.160. The standard InChI is InChI=1S/C13H23NO2/c1-4-8-13(5-2,6-3)12(15)14-11-7-9-16-10-11/h4,11H,1,5-10H2,2-3H3,(H,14,15). The van der Waals surface area contributed by atoms with E-state index in [-0.39, 0.29) is 17.4 Å². The highest BCUT2D eigenvalue weighted by atomic mass is 16.5. The highest BCUT2D eigenvalue weighted by Crippen LogP contribution is 2.31. The Morgan fingerprint density at radius 3 is 2.69 bits per heavy atom. The molecule has 1 aliphatic heterocycles. The van der Waals surface area contributed by atoms with Gasteiger partial charge in [0.2, 0.25) is 5.91 Å². The molecule has 0 aromatic carbocycles. The van der Waals surface area contributed by atoms with Crippen LogP contribution in [0.4, 0.5) is 0 Å². The first-order valence-electron chi connectivity index (χ1n) is 6.18. The van der Waals surface area contributed by atoms with Crippen LogP contribution in [0.5, 0.6) is 0 Å². The van der Waals surface area contributed by atoms with Crippen LogP contribution in [-0.4, -0.2) is 25.2 Å². The van der Waals surface area contributed by atoms with Crippen LogP contribution in [0, 0.1) is 5.41 Å². The molecule has 0 bridgehead atoms. The molecule has 1 fully saturated rings. The molecule has 16 heavy (non-hydrogen) atoms. The second-order valence-corrected chi connectivity index (χ2v) is 4.51. The van der Waals surface area contributed by atoms with Crippen molar-refractivity contribution in [2.45, 2.75) is 45.6 Å². The largest absolute Gasteiger partial charge is 0.379 e. The highest BCUT2D eigenvalue weighted by Gasteiger charge is 2.35. The van der Waals surface area contributed by atoms with Crippen LogP contribution in [-0.2, 0) is 9.53 Å². The van der Waals surface area contributed by atoms with E-state index in [0.29, 0.717) is 6.61 Å². The molecule has 1 amide bonds. The van der Waals surface area contributed by atoms with E-state index in [4.69, 9.17) is 4.74 Å². The monoisotopic (exact) mass is 225 g/mol. The Morgan fingerprint density at radius 1 is 1.56 bits per heavy atom. The summed E-state index contributed by atoms with van der Waals surface area (Å²) in [4.78, 5) is 12.3. The average Bonchev–Trinajstić information content (AvgIpc) is 2.78. The first-order valence-corrected chi connectivity index (χ1v) is 6.18. The second kappa shape index (κ2) is 6.04. The minimum Gasteiger partial charge on any atom is -0.379 e. The normalized spacial score (nSPS) is 20.8. The summed E-state index contributed by atoms with van der Waals surface area (Å²) in [5.41, 5.74) is -0.273. The molecule has 92 valence electrons. The smallest absolute Gasteiger partial charge is 0.226 e. The molecule has 0 saturated carbocycles. The molecule has 1 unspecified atom stereocenters. The highest BCUT2D eigenvalue weighted by molar-refractivity contribution is 5.83. The molecule has 0 aliphatic carbocycles. The first kappa shape index (κ1) is 13.2. The summed E-state index contributed by atoms with van der Waals surface area (Å²) in [5.74, 6) is 0.160. The van der Waals surface area contributed by atoms with Crippen molar-refractivity contribution in [3.05, 3.63) is 12.7 Å². The molecule has 0 spiro atoms. The lowest BCUT2D eigenvalue weighted by molar-refractivity contribution is -0.132. The summed E-state index contributed by atoms with van der Waals surface area (Å²) in [6.45, 7) is 9.30. The lowest BCUT2D eigenvalue weighted by atomic mass is 9.78. The van der Waals surface area contributed by atoms with E-state index in [1.54, 1.807) is 0 Å². The first-order chi connectivity index (χ1) is 7.68. The molecule has 3 heteroatoms. The van der Waals surface area contributed by atoms with Gasteiger partial charge in [-0.15, -0.1) is 6.58 Å². The van der Waals surface area contributed by atoms with Crippen molar-refractivity contribution in [2.75, 3.05) is 13.2 Å². The lowest BCUT2D eigenvalue weighted by Crippen LogP contribution is -2.45. The van der Waals surface area contributed by atoms with Crippen molar-refractivity contribution in [1.82, 2.24) is 5.32 Å². The predicted molar refractivity (Wildman–Crippen MR) is 65.2 cm³/mol. The lowest BCUT2D eigenvalue weighted by Gasteiger charge is -2.30. The number of carbonyl (C=O) groups is 1. The third-order valence-electron chi connectivity index (χ3n) is 3.64. The zero-order chi connectivity index (χ0) is 12.0. The van der Waals surface area contributed by atoms with E-state index in [0.717, 1.165) is 32.3 Å². The summed E-state index contributed by atoms with van der Waals surface area (Å²) in [7, 11) is 0. The molecule has 3 nitrogen and oxygen atoms in total. The SMILES string of the molecule is C=CCC(CC)(CC)C(=O)NC1CCOC1. The summed E-state index contributed by atoms with van der Waals surface area (Å²) in [5, 5.41) is 3.09. The number of allylic oxidation sites excluding steroid dienone is 1. The Balaban J connectivity index is 2.61. The van der Waals surface area contributed by atoms with Crippen LogP contribution in [0.25, 0.3) is 0 Å². The van der Waals surface area contributed by atoms with E-state index in [1.165, 1.54) is 0 Å². The summed E-state index contributed by atoms with van der Waals surface area (Å²) >= 11 is 0. The van der Waals surface area contributed by atoms with Crippen molar-refractivity contribution in [1.29, 1.82) is 0 Å².